The largest absolute Gasteiger partial charge is 0.506 e. The SMILES string of the molecule is Oc1cncc(-c2cnc3[nH]nc(-c4nc5c(-c6ccc(F)s6)ccnc5[nH]4)c3c2)c1. The molecule has 6 heterocycles. The van der Waals surface area contributed by atoms with E-state index in [2.05, 4.69) is 30.1 Å². The molecule has 6 aromatic rings. The van der Waals surface area contributed by atoms with Crippen LogP contribution in [0.15, 0.2) is 55.1 Å². The molecule has 0 amide bonds. The lowest BCUT2D eigenvalue weighted by Gasteiger charge is -2.02. The number of nitrogens with one attached hydrogen (secondary N) is 2. The van der Waals surface area contributed by atoms with Gasteiger partial charge in [-0.2, -0.15) is 9.49 Å². The number of aromatic nitrogens is 7. The van der Waals surface area contributed by atoms with Gasteiger partial charge in [0.15, 0.2) is 22.2 Å². The number of aromatic amines is 2. The minimum Gasteiger partial charge on any atom is -0.506 e. The Kier molecular flexibility index (Phi) is 3.80. The smallest absolute Gasteiger partial charge is 0.176 e. The van der Waals surface area contributed by atoms with Crippen molar-refractivity contribution in [3.8, 4) is 38.8 Å². The molecule has 0 spiro atoms. The third kappa shape index (κ3) is 2.92. The number of nitrogens with zero attached hydrogens (tertiary/aromatic N) is 5. The van der Waals surface area contributed by atoms with Gasteiger partial charge < -0.3 is 10.1 Å². The number of aromatic hydroxyl groups is 1. The molecule has 0 radical (unpaired) electrons. The van der Waals surface area contributed by atoms with Gasteiger partial charge in [0, 0.05) is 40.2 Å². The summed E-state index contributed by atoms with van der Waals surface area (Å²) in [5, 5.41) is 17.5. The first kappa shape index (κ1) is 17.7. The van der Waals surface area contributed by atoms with Gasteiger partial charge in [0.25, 0.3) is 0 Å². The molecule has 0 aromatic carbocycles. The van der Waals surface area contributed by atoms with Crippen LogP contribution in [0.3, 0.4) is 0 Å². The van der Waals surface area contributed by atoms with Crippen LogP contribution in [0.5, 0.6) is 5.75 Å². The van der Waals surface area contributed by atoms with Crippen molar-refractivity contribution in [1.82, 2.24) is 35.1 Å². The zero-order valence-corrected chi connectivity index (χ0v) is 16.5. The molecule has 0 bridgehead atoms. The molecular formula is C21H12FN7OS. The molecule has 6 aromatic heterocycles. The fourth-order valence-corrected chi connectivity index (χ4v) is 4.26. The van der Waals surface area contributed by atoms with Crippen molar-refractivity contribution in [2.45, 2.75) is 0 Å². The molecule has 0 atom stereocenters. The molecule has 31 heavy (non-hydrogen) atoms. The Hall–Kier alpha value is -4.18. The Morgan fingerprint density at radius 1 is 0.968 bits per heavy atom. The third-order valence-corrected chi connectivity index (χ3v) is 5.83. The second kappa shape index (κ2) is 6.67. The second-order valence-electron chi connectivity index (χ2n) is 6.87. The summed E-state index contributed by atoms with van der Waals surface area (Å²) in [4.78, 5) is 21.5. The van der Waals surface area contributed by atoms with E-state index < -0.39 is 0 Å². The van der Waals surface area contributed by atoms with Crippen molar-refractivity contribution in [2.24, 2.45) is 0 Å². The van der Waals surface area contributed by atoms with Crippen LogP contribution in [0.4, 0.5) is 4.39 Å². The Bertz CT molecular complexity index is 1590. The lowest BCUT2D eigenvalue weighted by Crippen LogP contribution is -1.85. The summed E-state index contributed by atoms with van der Waals surface area (Å²) in [5.41, 5.74) is 4.71. The van der Waals surface area contributed by atoms with E-state index in [0.717, 1.165) is 38.3 Å². The van der Waals surface area contributed by atoms with Gasteiger partial charge in [0.2, 0.25) is 0 Å². The molecule has 0 saturated carbocycles. The van der Waals surface area contributed by atoms with E-state index in [0.29, 0.717) is 28.3 Å². The van der Waals surface area contributed by atoms with Crippen molar-refractivity contribution in [1.29, 1.82) is 0 Å². The fourth-order valence-electron chi connectivity index (χ4n) is 3.51. The standard InChI is InChI=1S/C21H12FN7OS/c22-16-2-1-15(31-16)13-3-4-24-20-17(13)26-21(27-20)18-14-6-11(8-25-19(14)29-28-18)10-5-12(30)9-23-7-10/h1-9,30H,(H,24,26,27)(H,25,28,29). The maximum atomic E-state index is 13.6. The lowest BCUT2D eigenvalue weighted by molar-refractivity contribution is 0.473. The highest BCUT2D eigenvalue weighted by molar-refractivity contribution is 7.14. The van der Waals surface area contributed by atoms with Crippen LogP contribution in [-0.4, -0.2) is 40.2 Å². The molecule has 6 rings (SSSR count). The first-order valence-electron chi connectivity index (χ1n) is 9.25. The van der Waals surface area contributed by atoms with Crippen LogP contribution < -0.4 is 0 Å². The molecule has 0 aliphatic heterocycles. The number of hydrogen-bond donors (Lipinski definition) is 3. The third-order valence-electron chi connectivity index (χ3n) is 4.92. The first-order chi connectivity index (χ1) is 15.2. The van der Waals surface area contributed by atoms with E-state index >= 15 is 0 Å². The van der Waals surface area contributed by atoms with Gasteiger partial charge in [-0.3, -0.25) is 10.1 Å². The van der Waals surface area contributed by atoms with Crippen LogP contribution in [0, 0.1) is 5.13 Å². The van der Waals surface area contributed by atoms with Crippen molar-refractivity contribution in [3.05, 3.63) is 60.3 Å². The number of rotatable bonds is 3. The highest BCUT2D eigenvalue weighted by Gasteiger charge is 2.17. The van der Waals surface area contributed by atoms with E-state index in [-0.39, 0.29) is 10.9 Å². The number of hydrogen-bond acceptors (Lipinski definition) is 7. The summed E-state index contributed by atoms with van der Waals surface area (Å²) in [5.74, 6) is 0.595. The quantitative estimate of drug-likeness (QED) is 0.381. The van der Waals surface area contributed by atoms with Gasteiger partial charge >= 0.3 is 0 Å². The average molecular weight is 429 g/mol. The molecule has 150 valence electrons. The average Bonchev–Trinajstić information content (AvgIpc) is 3.50. The van der Waals surface area contributed by atoms with E-state index in [4.69, 9.17) is 4.98 Å². The topological polar surface area (TPSA) is 116 Å². The number of halogens is 1. The van der Waals surface area contributed by atoms with Crippen molar-refractivity contribution >= 4 is 33.5 Å². The van der Waals surface area contributed by atoms with Crippen LogP contribution in [-0.2, 0) is 0 Å². The summed E-state index contributed by atoms with van der Waals surface area (Å²) >= 11 is 1.06. The molecule has 0 fully saturated rings. The van der Waals surface area contributed by atoms with Crippen LogP contribution in [0.2, 0.25) is 0 Å². The maximum absolute atomic E-state index is 13.6. The normalized spacial score (nSPS) is 11.5. The summed E-state index contributed by atoms with van der Waals surface area (Å²) in [6, 6.07) is 8.51. The van der Waals surface area contributed by atoms with E-state index in [1.165, 1.54) is 12.3 Å². The van der Waals surface area contributed by atoms with Gasteiger partial charge in [-0.1, -0.05) is 0 Å². The van der Waals surface area contributed by atoms with Crippen LogP contribution >= 0.6 is 11.3 Å². The van der Waals surface area contributed by atoms with Gasteiger partial charge in [-0.05, 0) is 30.3 Å². The highest BCUT2D eigenvalue weighted by Crippen LogP contribution is 2.34. The molecule has 10 heteroatoms. The Morgan fingerprint density at radius 2 is 1.87 bits per heavy atom. The summed E-state index contributed by atoms with van der Waals surface area (Å²) in [7, 11) is 0. The summed E-state index contributed by atoms with van der Waals surface area (Å²) in [6.45, 7) is 0. The molecule has 8 nitrogen and oxygen atoms in total. The Morgan fingerprint density at radius 3 is 2.71 bits per heavy atom. The molecule has 0 saturated heterocycles. The van der Waals surface area contributed by atoms with Crippen LogP contribution in [0.25, 0.3) is 55.3 Å². The van der Waals surface area contributed by atoms with Crippen LogP contribution in [0.1, 0.15) is 0 Å². The predicted octanol–water partition coefficient (Wildman–Crippen LogP) is 4.53. The summed E-state index contributed by atoms with van der Waals surface area (Å²) < 4.78 is 13.6. The number of H-pyrrole nitrogens is 2. The van der Waals surface area contributed by atoms with Gasteiger partial charge in [0.1, 0.15) is 17.0 Å². The number of fused-ring (bicyclic) bond motifs is 2. The molecule has 0 unspecified atom stereocenters. The highest BCUT2D eigenvalue weighted by atomic mass is 32.1. The minimum atomic E-state index is -0.256. The first-order valence-corrected chi connectivity index (χ1v) is 10.1. The van der Waals surface area contributed by atoms with Crippen molar-refractivity contribution in [2.75, 3.05) is 0 Å². The zero-order valence-electron chi connectivity index (χ0n) is 15.7. The number of thiophene rings is 1. The fraction of sp³-hybridized carbons (Fsp3) is 0. The van der Waals surface area contributed by atoms with Gasteiger partial charge in [-0.25, -0.2) is 15.0 Å². The monoisotopic (exact) mass is 429 g/mol. The van der Waals surface area contributed by atoms with E-state index in [1.807, 2.05) is 12.1 Å². The van der Waals surface area contributed by atoms with E-state index in [9.17, 15) is 9.50 Å². The van der Waals surface area contributed by atoms with Crippen molar-refractivity contribution < 1.29 is 9.50 Å². The minimum absolute atomic E-state index is 0.0749. The number of imidazole rings is 1. The Labute approximate surface area is 177 Å². The van der Waals surface area contributed by atoms with Crippen molar-refractivity contribution in [3.63, 3.8) is 0 Å². The molecular weight excluding hydrogens is 417 g/mol. The molecule has 0 aliphatic rings. The molecule has 3 N–H and O–H groups in total. The summed E-state index contributed by atoms with van der Waals surface area (Å²) in [6.07, 6.45) is 6.37. The lowest BCUT2D eigenvalue weighted by atomic mass is 10.1. The van der Waals surface area contributed by atoms with Gasteiger partial charge in [0.05, 0.1) is 11.6 Å². The second-order valence-corrected chi connectivity index (χ2v) is 7.90. The zero-order chi connectivity index (χ0) is 20.9. The predicted molar refractivity (Wildman–Crippen MR) is 115 cm³/mol. The number of pyridine rings is 3. The van der Waals surface area contributed by atoms with Gasteiger partial charge in [-0.15, -0.1) is 11.3 Å². The Balaban J connectivity index is 1.51. The molecule has 0 aliphatic carbocycles. The van der Waals surface area contributed by atoms with E-state index in [1.54, 1.807) is 30.7 Å². The maximum Gasteiger partial charge on any atom is 0.176 e.